The largest absolute Gasteiger partial charge is 0.378 e. The van der Waals surface area contributed by atoms with Crippen LogP contribution in [0.2, 0.25) is 0 Å². The summed E-state index contributed by atoms with van der Waals surface area (Å²) in [5.74, 6) is 0. The predicted molar refractivity (Wildman–Crippen MR) is 77.8 cm³/mol. The molecule has 0 aliphatic rings. The van der Waals surface area contributed by atoms with Crippen molar-refractivity contribution in [3.05, 3.63) is 51.3 Å². The summed E-state index contributed by atoms with van der Waals surface area (Å²) in [5, 5.41) is 18.4. The van der Waals surface area contributed by atoms with Crippen molar-refractivity contribution < 1.29 is 4.92 Å². The molecule has 6 heteroatoms. The summed E-state index contributed by atoms with van der Waals surface area (Å²) < 4.78 is 1.75. The lowest BCUT2D eigenvalue weighted by Gasteiger charge is -2.16. The average Bonchev–Trinajstić information content (AvgIpc) is 2.79. The Morgan fingerprint density at radius 2 is 2.05 bits per heavy atom. The Morgan fingerprint density at radius 1 is 1.35 bits per heavy atom. The SMILES string of the molecule is Cc1cc([N+](=O)[O-])c(C)cc1NC(C)c1cnn(C)c1. The zero-order valence-corrected chi connectivity index (χ0v) is 12.0. The Morgan fingerprint density at radius 3 is 2.60 bits per heavy atom. The number of rotatable bonds is 4. The number of benzene rings is 1. The average molecular weight is 274 g/mol. The number of nitro benzene ring substituents is 1. The molecule has 2 aromatic rings. The third kappa shape index (κ3) is 2.79. The highest BCUT2D eigenvalue weighted by Gasteiger charge is 2.15. The van der Waals surface area contributed by atoms with Gasteiger partial charge in [-0.15, -0.1) is 0 Å². The molecule has 0 aliphatic carbocycles. The molecular formula is C14H18N4O2. The van der Waals surface area contributed by atoms with Crippen LogP contribution in [-0.4, -0.2) is 14.7 Å². The van der Waals surface area contributed by atoms with Crippen LogP contribution in [0.3, 0.4) is 0 Å². The standard InChI is InChI=1S/C14H18N4O2/c1-9-6-14(18(19)20)10(2)5-13(9)16-11(3)12-7-15-17(4)8-12/h5-8,11,16H,1-4H3. The van der Waals surface area contributed by atoms with Gasteiger partial charge in [0.05, 0.1) is 17.2 Å². The lowest BCUT2D eigenvalue weighted by Crippen LogP contribution is -2.08. The van der Waals surface area contributed by atoms with Crippen molar-refractivity contribution in [2.45, 2.75) is 26.8 Å². The van der Waals surface area contributed by atoms with Crippen LogP contribution < -0.4 is 5.32 Å². The Labute approximate surface area is 117 Å². The predicted octanol–water partition coefficient (Wildman–Crippen LogP) is 3.12. The van der Waals surface area contributed by atoms with Gasteiger partial charge >= 0.3 is 0 Å². The second-order valence-electron chi connectivity index (χ2n) is 5.02. The summed E-state index contributed by atoms with van der Waals surface area (Å²) in [7, 11) is 1.87. The molecule has 106 valence electrons. The number of nitro groups is 1. The van der Waals surface area contributed by atoms with Gasteiger partial charge in [-0.05, 0) is 32.4 Å². The number of anilines is 1. The van der Waals surface area contributed by atoms with Gasteiger partial charge in [-0.1, -0.05) is 0 Å². The Balaban J connectivity index is 2.25. The van der Waals surface area contributed by atoms with Crippen LogP contribution in [-0.2, 0) is 7.05 Å². The van der Waals surface area contributed by atoms with Gasteiger partial charge in [0.1, 0.15) is 0 Å². The maximum atomic E-state index is 10.9. The van der Waals surface area contributed by atoms with E-state index in [1.54, 1.807) is 17.7 Å². The molecule has 1 aromatic heterocycles. The lowest BCUT2D eigenvalue weighted by molar-refractivity contribution is -0.385. The molecular weight excluding hydrogens is 256 g/mol. The van der Waals surface area contributed by atoms with Crippen molar-refractivity contribution in [1.29, 1.82) is 0 Å². The second-order valence-corrected chi connectivity index (χ2v) is 5.02. The van der Waals surface area contributed by atoms with E-state index in [0.29, 0.717) is 5.56 Å². The van der Waals surface area contributed by atoms with Gasteiger partial charge in [-0.2, -0.15) is 5.10 Å². The van der Waals surface area contributed by atoms with E-state index in [1.807, 2.05) is 39.4 Å². The van der Waals surface area contributed by atoms with Crippen molar-refractivity contribution in [3.63, 3.8) is 0 Å². The molecule has 0 amide bonds. The quantitative estimate of drug-likeness (QED) is 0.686. The molecule has 1 N–H and O–H groups in total. The summed E-state index contributed by atoms with van der Waals surface area (Å²) in [6, 6.07) is 3.51. The molecule has 0 bridgehead atoms. The molecule has 1 atom stereocenters. The monoisotopic (exact) mass is 274 g/mol. The Kier molecular flexibility index (Phi) is 3.74. The highest BCUT2D eigenvalue weighted by atomic mass is 16.6. The highest BCUT2D eigenvalue weighted by Crippen LogP contribution is 2.28. The van der Waals surface area contributed by atoms with Crippen LogP contribution in [0.1, 0.15) is 29.7 Å². The van der Waals surface area contributed by atoms with Gasteiger partial charge in [0, 0.05) is 36.1 Å². The van der Waals surface area contributed by atoms with Gasteiger partial charge in [0.15, 0.2) is 0 Å². The van der Waals surface area contributed by atoms with E-state index in [1.165, 1.54) is 0 Å². The highest BCUT2D eigenvalue weighted by molar-refractivity contribution is 5.60. The van der Waals surface area contributed by atoms with Gasteiger partial charge < -0.3 is 5.32 Å². The lowest BCUT2D eigenvalue weighted by atomic mass is 10.1. The second kappa shape index (κ2) is 5.32. The first-order chi connectivity index (χ1) is 9.38. The summed E-state index contributed by atoms with van der Waals surface area (Å²) in [5.41, 5.74) is 3.65. The molecule has 1 unspecified atom stereocenters. The molecule has 0 aliphatic heterocycles. The van der Waals surface area contributed by atoms with Gasteiger partial charge in [-0.25, -0.2) is 0 Å². The zero-order valence-electron chi connectivity index (χ0n) is 12.0. The number of aromatic nitrogens is 2. The molecule has 0 saturated carbocycles. The van der Waals surface area contributed by atoms with Gasteiger partial charge in [0.25, 0.3) is 5.69 Å². The fourth-order valence-corrected chi connectivity index (χ4v) is 2.13. The number of nitrogens with one attached hydrogen (secondary N) is 1. The Bertz CT molecular complexity index is 649. The Hall–Kier alpha value is -2.37. The topological polar surface area (TPSA) is 73.0 Å². The minimum atomic E-state index is -0.351. The summed E-state index contributed by atoms with van der Waals surface area (Å²) in [6.07, 6.45) is 3.76. The summed E-state index contributed by atoms with van der Waals surface area (Å²) in [4.78, 5) is 10.6. The zero-order chi connectivity index (χ0) is 14.9. The van der Waals surface area contributed by atoms with E-state index in [0.717, 1.165) is 16.8 Å². The minimum absolute atomic E-state index is 0.0863. The molecule has 0 saturated heterocycles. The molecule has 0 spiro atoms. The van der Waals surface area contributed by atoms with Crippen molar-refractivity contribution in [1.82, 2.24) is 9.78 Å². The number of hydrogen-bond donors (Lipinski definition) is 1. The third-order valence-electron chi connectivity index (χ3n) is 3.34. The van der Waals surface area contributed by atoms with E-state index >= 15 is 0 Å². The molecule has 2 rings (SSSR count). The number of hydrogen-bond acceptors (Lipinski definition) is 4. The van der Waals surface area contributed by atoms with Crippen LogP contribution in [0.4, 0.5) is 11.4 Å². The van der Waals surface area contributed by atoms with E-state index in [4.69, 9.17) is 0 Å². The first-order valence-electron chi connectivity index (χ1n) is 6.39. The van der Waals surface area contributed by atoms with Gasteiger partial charge in [-0.3, -0.25) is 14.8 Å². The van der Waals surface area contributed by atoms with Crippen LogP contribution in [0.25, 0.3) is 0 Å². The first-order valence-corrected chi connectivity index (χ1v) is 6.39. The van der Waals surface area contributed by atoms with E-state index in [2.05, 4.69) is 10.4 Å². The van der Waals surface area contributed by atoms with E-state index in [9.17, 15) is 10.1 Å². The van der Waals surface area contributed by atoms with Crippen LogP contribution >= 0.6 is 0 Å². The smallest absolute Gasteiger partial charge is 0.272 e. The minimum Gasteiger partial charge on any atom is -0.378 e. The number of nitrogens with zero attached hydrogens (tertiary/aromatic N) is 3. The first kappa shape index (κ1) is 14.0. The van der Waals surface area contributed by atoms with Crippen LogP contribution in [0.15, 0.2) is 24.5 Å². The van der Waals surface area contributed by atoms with Crippen molar-refractivity contribution in [2.24, 2.45) is 7.05 Å². The molecule has 20 heavy (non-hydrogen) atoms. The van der Waals surface area contributed by atoms with E-state index in [-0.39, 0.29) is 16.7 Å². The van der Waals surface area contributed by atoms with Crippen molar-refractivity contribution in [3.8, 4) is 0 Å². The molecule has 1 heterocycles. The fraction of sp³-hybridized carbons (Fsp3) is 0.357. The molecule has 0 radical (unpaired) electrons. The molecule has 1 aromatic carbocycles. The summed E-state index contributed by atoms with van der Waals surface area (Å²) in [6.45, 7) is 5.65. The van der Waals surface area contributed by atoms with Crippen molar-refractivity contribution in [2.75, 3.05) is 5.32 Å². The number of aryl methyl sites for hydroxylation is 3. The maximum absolute atomic E-state index is 10.9. The third-order valence-corrected chi connectivity index (χ3v) is 3.34. The fourth-order valence-electron chi connectivity index (χ4n) is 2.13. The normalized spacial score (nSPS) is 12.2. The van der Waals surface area contributed by atoms with Gasteiger partial charge in [0.2, 0.25) is 0 Å². The molecule has 0 fully saturated rings. The molecule has 6 nitrogen and oxygen atoms in total. The van der Waals surface area contributed by atoms with Crippen molar-refractivity contribution >= 4 is 11.4 Å². The summed E-state index contributed by atoms with van der Waals surface area (Å²) >= 11 is 0. The van der Waals surface area contributed by atoms with E-state index < -0.39 is 0 Å². The maximum Gasteiger partial charge on any atom is 0.272 e. The van der Waals surface area contributed by atoms with Crippen LogP contribution in [0, 0.1) is 24.0 Å². The van der Waals surface area contributed by atoms with Crippen LogP contribution in [0.5, 0.6) is 0 Å².